The van der Waals surface area contributed by atoms with Gasteiger partial charge in [-0.3, -0.25) is 9.52 Å². The van der Waals surface area contributed by atoms with Gasteiger partial charge in [0.1, 0.15) is 0 Å². The third-order valence-electron chi connectivity index (χ3n) is 1.93. The van der Waals surface area contributed by atoms with Crippen LogP contribution in [0.1, 0.15) is 24.2 Å². The molecule has 18 heavy (non-hydrogen) atoms. The van der Waals surface area contributed by atoms with Crippen LogP contribution < -0.4 is 10.0 Å². The molecule has 0 spiro atoms. The van der Waals surface area contributed by atoms with Crippen molar-refractivity contribution in [2.75, 3.05) is 11.0 Å². The lowest BCUT2D eigenvalue weighted by atomic mass is 10.2. The van der Waals surface area contributed by atoms with Gasteiger partial charge in [-0.15, -0.1) is 0 Å². The van der Waals surface area contributed by atoms with Gasteiger partial charge in [-0.2, -0.15) is 0 Å². The van der Waals surface area contributed by atoms with Crippen LogP contribution >= 0.6 is 11.6 Å². The normalized spacial score (nSPS) is 11.4. The van der Waals surface area contributed by atoms with Crippen LogP contribution in [0.2, 0.25) is 5.02 Å². The van der Waals surface area contributed by atoms with Crippen LogP contribution in [0.25, 0.3) is 0 Å². The lowest BCUT2D eigenvalue weighted by Gasteiger charge is -2.11. The summed E-state index contributed by atoms with van der Waals surface area (Å²) >= 11 is 5.91. The van der Waals surface area contributed by atoms with E-state index in [-0.39, 0.29) is 22.5 Å². The van der Waals surface area contributed by atoms with Crippen LogP contribution in [0, 0.1) is 0 Å². The minimum atomic E-state index is -3.38. The van der Waals surface area contributed by atoms with Gasteiger partial charge in [0.15, 0.2) is 0 Å². The van der Waals surface area contributed by atoms with Crippen LogP contribution in [0.4, 0.5) is 5.69 Å². The Kier molecular flexibility index (Phi) is 4.59. The Morgan fingerprint density at radius 2 is 1.94 bits per heavy atom. The molecule has 1 amide bonds. The molecular formula is C11H15ClN2O3S. The number of halogens is 1. The Balaban J connectivity index is 3.05. The highest BCUT2D eigenvalue weighted by atomic mass is 35.5. The number of carbonyl (C=O) groups is 1. The number of nitrogens with one attached hydrogen (secondary N) is 2. The van der Waals surface area contributed by atoms with E-state index in [0.717, 1.165) is 6.26 Å². The topological polar surface area (TPSA) is 75.3 Å². The highest BCUT2D eigenvalue weighted by molar-refractivity contribution is 7.92. The van der Waals surface area contributed by atoms with Crippen molar-refractivity contribution in [2.45, 2.75) is 19.9 Å². The van der Waals surface area contributed by atoms with Crippen molar-refractivity contribution in [3.8, 4) is 0 Å². The number of benzene rings is 1. The minimum absolute atomic E-state index is 0.0277. The number of rotatable bonds is 4. The number of anilines is 1. The summed E-state index contributed by atoms with van der Waals surface area (Å²) in [6.07, 6.45) is 1.04. The van der Waals surface area contributed by atoms with Crippen LogP contribution in [-0.4, -0.2) is 26.6 Å². The molecule has 0 saturated carbocycles. The predicted molar refractivity (Wildman–Crippen MR) is 72.5 cm³/mol. The van der Waals surface area contributed by atoms with Crippen molar-refractivity contribution in [3.63, 3.8) is 0 Å². The molecule has 0 aromatic heterocycles. The molecule has 1 aromatic carbocycles. The Bertz CT molecular complexity index is 555. The summed E-state index contributed by atoms with van der Waals surface area (Å²) in [6, 6.07) is 4.35. The summed E-state index contributed by atoms with van der Waals surface area (Å²) in [4.78, 5) is 11.8. The molecule has 0 unspecified atom stereocenters. The Morgan fingerprint density at radius 1 is 1.33 bits per heavy atom. The maximum atomic E-state index is 11.8. The molecule has 1 rings (SSSR count). The zero-order valence-corrected chi connectivity index (χ0v) is 11.9. The molecule has 100 valence electrons. The molecule has 0 fully saturated rings. The van der Waals surface area contributed by atoms with E-state index in [1.54, 1.807) is 0 Å². The highest BCUT2D eigenvalue weighted by Crippen LogP contribution is 2.21. The second-order valence-electron chi connectivity index (χ2n) is 4.20. The first-order valence-electron chi connectivity index (χ1n) is 5.27. The van der Waals surface area contributed by atoms with E-state index in [9.17, 15) is 13.2 Å². The van der Waals surface area contributed by atoms with Crippen LogP contribution in [-0.2, 0) is 10.0 Å². The van der Waals surface area contributed by atoms with Crippen LogP contribution in [0.5, 0.6) is 0 Å². The van der Waals surface area contributed by atoms with Crippen LogP contribution in [0.3, 0.4) is 0 Å². The molecule has 7 heteroatoms. The van der Waals surface area contributed by atoms with E-state index in [4.69, 9.17) is 11.6 Å². The van der Waals surface area contributed by atoms with Gasteiger partial charge in [-0.25, -0.2) is 8.42 Å². The van der Waals surface area contributed by atoms with Crippen molar-refractivity contribution < 1.29 is 13.2 Å². The lowest BCUT2D eigenvalue weighted by molar-refractivity contribution is 0.0943. The van der Waals surface area contributed by atoms with Crippen molar-refractivity contribution in [1.29, 1.82) is 0 Å². The molecule has 0 atom stereocenters. The third-order valence-corrected chi connectivity index (χ3v) is 2.87. The summed E-state index contributed by atoms with van der Waals surface area (Å²) in [5, 5.41) is 2.96. The lowest BCUT2D eigenvalue weighted by Crippen LogP contribution is -2.30. The van der Waals surface area contributed by atoms with Crippen LogP contribution in [0.15, 0.2) is 18.2 Å². The fourth-order valence-corrected chi connectivity index (χ4v) is 2.08. The largest absolute Gasteiger partial charge is 0.350 e. The summed E-state index contributed by atoms with van der Waals surface area (Å²) < 4.78 is 24.5. The van der Waals surface area contributed by atoms with Gasteiger partial charge >= 0.3 is 0 Å². The summed E-state index contributed by atoms with van der Waals surface area (Å²) in [7, 11) is -3.38. The van der Waals surface area contributed by atoms with E-state index in [1.165, 1.54) is 18.2 Å². The van der Waals surface area contributed by atoms with Gasteiger partial charge in [0, 0.05) is 11.7 Å². The molecule has 0 bridgehead atoms. The standard InChI is InChI=1S/C11H15ClN2O3S/c1-7(2)13-11(15)9-6-8(4-5-10(9)12)14-18(3,16)17/h4-7,14H,1-3H3,(H,13,15). The Hall–Kier alpha value is -1.27. The van der Waals surface area contributed by atoms with Gasteiger partial charge in [-0.05, 0) is 32.0 Å². The number of hydrogen-bond donors (Lipinski definition) is 2. The average molecular weight is 291 g/mol. The number of hydrogen-bond acceptors (Lipinski definition) is 3. The summed E-state index contributed by atoms with van der Waals surface area (Å²) in [5.74, 6) is -0.341. The first-order valence-corrected chi connectivity index (χ1v) is 7.54. The molecule has 0 heterocycles. The SMILES string of the molecule is CC(C)NC(=O)c1cc(NS(C)(=O)=O)ccc1Cl. The monoisotopic (exact) mass is 290 g/mol. The molecule has 2 N–H and O–H groups in total. The smallest absolute Gasteiger partial charge is 0.253 e. The van der Waals surface area contributed by atoms with E-state index in [2.05, 4.69) is 10.0 Å². The third kappa shape index (κ3) is 4.54. The van der Waals surface area contributed by atoms with Crippen molar-refractivity contribution >= 4 is 33.2 Å². The fourth-order valence-electron chi connectivity index (χ4n) is 1.32. The molecule has 0 aliphatic carbocycles. The summed E-state index contributed by atoms with van der Waals surface area (Å²) in [5.41, 5.74) is 0.537. The minimum Gasteiger partial charge on any atom is -0.350 e. The van der Waals surface area contributed by atoms with Crippen molar-refractivity contribution in [1.82, 2.24) is 5.32 Å². The first-order chi connectivity index (χ1) is 8.19. The maximum Gasteiger partial charge on any atom is 0.253 e. The van der Waals surface area contributed by atoms with Gasteiger partial charge in [0.25, 0.3) is 5.91 Å². The number of sulfonamides is 1. The van der Waals surface area contributed by atoms with E-state index in [0.29, 0.717) is 5.69 Å². The van der Waals surface area contributed by atoms with E-state index >= 15 is 0 Å². The quantitative estimate of drug-likeness (QED) is 0.888. The molecule has 0 radical (unpaired) electrons. The predicted octanol–water partition coefficient (Wildman–Crippen LogP) is 1.85. The highest BCUT2D eigenvalue weighted by Gasteiger charge is 2.13. The van der Waals surface area contributed by atoms with Crippen molar-refractivity contribution in [3.05, 3.63) is 28.8 Å². The molecule has 0 aliphatic rings. The van der Waals surface area contributed by atoms with Gasteiger partial charge in [0.05, 0.1) is 16.8 Å². The van der Waals surface area contributed by atoms with E-state index in [1.807, 2.05) is 13.8 Å². The zero-order valence-electron chi connectivity index (χ0n) is 10.3. The number of carbonyl (C=O) groups excluding carboxylic acids is 1. The van der Waals surface area contributed by atoms with Gasteiger partial charge in [0.2, 0.25) is 10.0 Å². The second kappa shape index (κ2) is 5.58. The van der Waals surface area contributed by atoms with Crippen molar-refractivity contribution in [2.24, 2.45) is 0 Å². The van der Waals surface area contributed by atoms with Gasteiger partial charge < -0.3 is 5.32 Å². The van der Waals surface area contributed by atoms with Gasteiger partial charge in [-0.1, -0.05) is 11.6 Å². The second-order valence-corrected chi connectivity index (χ2v) is 6.35. The molecule has 0 saturated heterocycles. The zero-order chi connectivity index (χ0) is 13.9. The Morgan fingerprint density at radius 3 is 2.44 bits per heavy atom. The number of amides is 1. The molecular weight excluding hydrogens is 276 g/mol. The maximum absolute atomic E-state index is 11.8. The average Bonchev–Trinajstić information content (AvgIpc) is 2.17. The molecule has 0 aliphatic heterocycles. The molecule has 5 nitrogen and oxygen atoms in total. The fraction of sp³-hybridized carbons (Fsp3) is 0.364. The van der Waals surface area contributed by atoms with E-state index < -0.39 is 10.0 Å². The summed E-state index contributed by atoms with van der Waals surface area (Å²) in [6.45, 7) is 3.65. The first kappa shape index (κ1) is 14.8. The molecule has 1 aromatic rings. The Labute approximate surface area is 112 Å².